The number of carbonyl (C=O) groups excluding carboxylic acids is 1. The van der Waals surface area contributed by atoms with Gasteiger partial charge in [0.1, 0.15) is 0 Å². The molecular weight excluding hydrogens is 238 g/mol. The van der Waals surface area contributed by atoms with E-state index in [0.717, 1.165) is 25.9 Å². The van der Waals surface area contributed by atoms with Crippen LogP contribution in [0, 0.1) is 6.92 Å². The minimum atomic E-state index is 0.0253. The molecule has 0 aliphatic carbocycles. The number of likely N-dealkylation sites (tertiary alicyclic amines) is 1. The molecule has 102 valence electrons. The molecule has 0 saturated carbocycles. The van der Waals surface area contributed by atoms with Gasteiger partial charge in [0.2, 0.25) is 5.91 Å². The van der Waals surface area contributed by atoms with Gasteiger partial charge in [0, 0.05) is 13.1 Å². The topological polar surface area (TPSA) is 29.5 Å². The summed E-state index contributed by atoms with van der Waals surface area (Å²) in [6.07, 6.45) is 3.46. The molecule has 1 amide bonds. The lowest BCUT2D eigenvalue weighted by Crippen LogP contribution is -2.40. The molecule has 0 radical (unpaired) electrons. The van der Waals surface area contributed by atoms with Crippen LogP contribution in [0.4, 0.5) is 0 Å². The van der Waals surface area contributed by atoms with E-state index in [9.17, 15) is 4.79 Å². The van der Waals surface area contributed by atoms with Gasteiger partial charge >= 0.3 is 0 Å². The summed E-state index contributed by atoms with van der Waals surface area (Å²) in [7, 11) is 0. The lowest BCUT2D eigenvalue weighted by atomic mass is 10.1. The smallest absolute Gasteiger partial charge is 0.245 e. The summed E-state index contributed by atoms with van der Waals surface area (Å²) < 4.78 is 5.95. The predicted molar refractivity (Wildman–Crippen MR) is 75.8 cm³/mol. The molecule has 1 aromatic rings. The molecule has 1 aliphatic rings. The van der Waals surface area contributed by atoms with Crippen molar-refractivity contribution >= 4 is 5.91 Å². The van der Waals surface area contributed by atoms with Crippen molar-refractivity contribution in [3.63, 3.8) is 0 Å². The average molecular weight is 259 g/mol. The number of amides is 1. The van der Waals surface area contributed by atoms with Gasteiger partial charge in [-0.1, -0.05) is 30.8 Å². The largest absolute Gasteiger partial charge is 0.373 e. The first-order valence-electron chi connectivity index (χ1n) is 6.78. The number of carbonyl (C=O) groups is 1. The maximum atomic E-state index is 11.5. The predicted octanol–water partition coefficient (Wildman–Crippen LogP) is 2.69. The molecule has 19 heavy (non-hydrogen) atoms. The Labute approximate surface area is 114 Å². The van der Waals surface area contributed by atoms with Crippen LogP contribution < -0.4 is 0 Å². The van der Waals surface area contributed by atoms with E-state index < -0.39 is 0 Å². The van der Waals surface area contributed by atoms with Crippen molar-refractivity contribution in [2.75, 3.05) is 13.1 Å². The summed E-state index contributed by atoms with van der Waals surface area (Å²) in [5.41, 5.74) is 2.51. The van der Waals surface area contributed by atoms with Crippen LogP contribution in [0.3, 0.4) is 0 Å². The van der Waals surface area contributed by atoms with Gasteiger partial charge < -0.3 is 9.64 Å². The number of benzene rings is 1. The van der Waals surface area contributed by atoms with Crippen LogP contribution in [0.5, 0.6) is 0 Å². The fourth-order valence-corrected chi connectivity index (χ4v) is 2.35. The Kier molecular flexibility index (Phi) is 4.74. The van der Waals surface area contributed by atoms with Gasteiger partial charge in [-0.3, -0.25) is 4.79 Å². The summed E-state index contributed by atoms with van der Waals surface area (Å²) in [6.45, 7) is 7.81. The maximum absolute atomic E-state index is 11.5. The molecule has 3 nitrogen and oxygen atoms in total. The fourth-order valence-electron chi connectivity index (χ4n) is 2.35. The van der Waals surface area contributed by atoms with E-state index >= 15 is 0 Å². The number of ether oxygens (including phenoxy) is 1. The fraction of sp³-hybridized carbons (Fsp3) is 0.438. The lowest BCUT2D eigenvalue weighted by Gasteiger charge is -2.31. The van der Waals surface area contributed by atoms with Gasteiger partial charge in [0.05, 0.1) is 12.7 Å². The van der Waals surface area contributed by atoms with Gasteiger partial charge in [-0.05, 0) is 37.0 Å². The van der Waals surface area contributed by atoms with Gasteiger partial charge in [-0.15, -0.1) is 0 Å². The minimum absolute atomic E-state index is 0.0253. The van der Waals surface area contributed by atoms with Crippen LogP contribution >= 0.6 is 0 Å². The highest BCUT2D eigenvalue weighted by atomic mass is 16.5. The second-order valence-electron chi connectivity index (χ2n) is 4.97. The van der Waals surface area contributed by atoms with E-state index in [1.165, 1.54) is 17.2 Å². The summed E-state index contributed by atoms with van der Waals surface area (Å²) in [5.74, 6) is 0.0253. The molecule has 0 aromatic heterocycles. The Morgan fingerprint density at radius 1 is 1.42 bits per heavy atom. The van der Waals surface area contributed by atoms with Crippen LogP contribution in [0.2, 0.25) is 0 Å². The van der Waals surface area contributed by atoms with Crippen LogP contribution in [0.1, 0.15) is 24.0 Å². The third-order valence-electron chi connectivity index (χ3n) is 3.66. The lowest BCUT2D eigenvalue weighted by molar-refractivity contribution is -0.128. The van der Waals surface area contributed by atoms with Crippen molar-refractivity contribution in [3.8, 4) is 0 Å². The zero-order valence-corrected chi connectivity index (χ0v) is 11.5. The Bertz CT molecular complexity index is 448. The molecule has 2 rings (SSSR count). The Balaban J connectivity index is 1.79. The quantitative estimate of drug-likeness (QED) is 0.778. The zero-order valence-electron chi connectivity index (χ0n) is 11.5. The SMILES string of the molecule is C=CC(=O)N1CCC(OCc2ccccc2C)CC1. The van der Waals surface area contributed by atoms with Crippen molar-refractivity contribution in [1.82, 2.24) is 4.90 Å². The van der Waals surface area contributed by atoms with Crippen molar-refractivity contribution in [1.29, 1.82) is 0 Å². The van der Waals surface area contributed by atoms with E-state index in [0.29, 0.717) is 6.61 Å². The average Bonchev–Trinajstić information content (AvgIpc) is 2.46. The molecule has 0 N–H and O–H groups in total. The Hall–Kier alpha value is -1.61. The third-order valence-corrected chi connectivity index (χ3v) is 3.66. The molecule has 0 unspecified atom stereocenters. The molecule has 1 heterocycles. The van der Waals surface area contributed by atoms with E-state index in [2.05, 4.69) is 25.6 Å². The number of aryl methyl sites for hydroxylation is 1. The summed E-state index contributed by atoms with van der Waals surface area (Å²) in [4.78, 5) is 13.3. The van der Waals surface area contributed by atoms with Crippen LogP contribution in [-0.2, 0) is 16.1 Å². The first kappa shape index (κ1) is 13.8. The number of hydrogen-bond acceptors (Lipinski definition) is 2. The zero-order chi connectivity index (χ0) is 13.7. The Morgan fingerprint density at radius 3 is 2.74 bits per heavy atom. The monoisotopic (exact) mass is 259 g/mol. The molecule has 0 atom stereocenters. The van der Waals surface area contributed by atoms with Crippen molar-refractivity contribution in [2.45, 2.75) is 32.5 Å². The second-order valence-corrected chi connectivity index (χ2v) is 4.97. The van der Waals surface area contributed by atoms with Crippen LogP contribution in [-0.4, -0.2) is 30.0 Å². The summed E-state index contributed by atoms with van der Waals surface area (Å²) >= 11 is 0. The maximum Gasteiger partial charge on any atom is 0.245 e. The highest BCUT2D eigenvalue weighted by molar-refractivity contribution is 5.87. The van der Waals surface area contributed by atoms with Crippen LogP contribution in [0.25, 0.3) is 0 Å². The summed E-state index contributed by atoms with van der Waals surface area (Å²) in [5, 5.41) is 0. The Morgan fingerprint density at radius 2 is 2.11 bits per heavy atom. The van der Waals surface area contributed by atoms with Gasteiger partial charge in [0.25, 0.3) is 0 Å². The second kappa shape index (κ2) is 6.53. The van der Waals surface area contributed by atoms with E-state index in [-0.39, 0.29) is 12.0 Å². The minimum Gasteiger partial charge on any atom is -0.373 e. The highest BCUT2D eigenvalue weighted by Gasteiger charge is 2.21. The normalized spacial score (nSPS) is 16.4. The number of piperidine rings is 1. The molecule has 1 saturated heterocycles. The van der Waals surface area contributed by atoms with Crippen LogP contribution in [0.15, 0.2) is 36.9 Å². The molecule has 0 bridgehead atoms. The molecular formula is C16H21NO2. The van der Waals surface area contributed by atoms with Crippen molar-refractivity contribution < 1.29 is 9.53 Å². The van der Waals surface area contributed by atoms with Gasteiger partial charge in [-0.25, -0.2) is 0 Å². The molecule has 1 aromatic carbocycles. The molecule has 3 heteroatoms. The molecule has 1 fully saturated rings. The van der Waals surface area contributed by atoms with E-state index in [1.807, 2.05) is 17.0 Å². The van der Waals surface area contributed by atoms with E-state index in [4.69, 9.17) is 4.74 Å². The van der Waals surface area contributed by atoms with E-state index in [1.54, 1.807) is 0 Å². The first-order chi connectivity index (χ1) is 9.20. The number of nitrogens with zero attached hydrogens (tertiary/aromatic N) is 1. The highest BCUT2D eigenvalue weighted by Crippen LogP contribution is 2.17. The van der Waals surface area contributed by atoms with Gasteiger partial charge in [0.15, 0.2) is 0 Å². The standard InChI is InChI=1S/C16H21NO2/c1-3-16(18)17-10-8-15(9-11-17)19-12-14-7-5-4-6-13(14)2/h3-7,15H,1,8-12H2,2H3. The number of rotatable bonds is 4. The number of hydrogen-bond donors (Lipinski definition) is 0. The third kappa shape index (κ3) is 3.67. The van der Waals surface area contributed by atoms with Crippen molar-refractivity contribution in [3.05, 3.63) is 48.0 Å². The van der Waals surface area contributed by atoms with Crippen molar-refractivity contribution in [2.24, 2.45) is 0 Å². The summed E-state index contributed by atoms with van der Waals surface area (Å²) in [6, 6.07) is 8.28. The first-order valence-corrected chi connectivity index (χ1v) is 6.78. The molecule has 0 spiro atoms. The van der Waals surface area contributed by atoms with Gasteiger partial charge in [-0.2, -0.15) is 0 Å². The molecule has 1 aliphatic heterocycles.